The van der Waals surface area contributed by atoms with Crippen molar-refractivity contribution in [3.05, 3.63) is 29.8 Å². The lowest BCUT2D eigenvalue weighted by Crippen LogP contribution is -2.49. The predicted molar refractivity (Wildman–Crippen MR) is 97.9 cm³/mol. The van der Waals surface area contributed by atoms with Gasteiger partial charge in [-0.1, -0.05) is 26.0 Å². The second-order valence-corrected chi connectivity index (χ2v) is 7.57. The first-order chi connectivity index (χ1) is 12.4. The molecule has 3 amide bonds. The van der Waals surface area contributed by atoms with Crippen LogP contribution in [0.4, 0.5) is 4.79 Å². The third-order valence-electron chi connectivity index (χ3n) is 5.54. The Bertz CT molecular complexity index is 650. The van der Waals surface area contributed by atoms with Crippen molar-refractivity contribution in [3.8, 4) is 5.75 Å². The first kappa shape index (κ1) is 18.7. The number of hydrogen-bond acceptors (Lipinski definition) is 4. The second kappa shape index (κ2) is 7.66. The molecule has 2 aliphatic rings. The molecule has 142 valence electrons. The fourth-order valence-electron chi connectivity index (χ4n) is 3.71. The van der Waals surface area contributed by atoms with Gasteiger partial charge in [-0.2, -0.15) is 0 Å². The number of β-amino-alcohol motifs (C(OH)–C–C–N with tert-alkyl or cyclic N) is 1. The molecule has 0 radical (unpaired) electrons. The SMILES string of the molecule is CCc1ccc(OC[C@@H](O)CN2C(=O)NC3(CCC(C)CC3)C2=O)cc1. The van der Waals surface area contributed by atoms with Crippen molar-refractivity contribution in [2.45, 2.75) is 57.6 Å². The van der Waals surface area contributed by atoms with Gasteiger partial charge in [0.05, 0.1) is 6.54 Å². The summed E-state index contributed by atoms with van der Waals surface area (Å²) in [5.74, 6) is 1.04. The van der Waals surface area contributed by atoms with E-state index in [1.54, 1.807) is 0 Å². The zero-order valence-corrected chi connectivity index (χ0v) is 15.5. The van der Waals surface area contributed by atoms with E-state index in [4.69, 9.17) is 4.74 Å². The van der Waals surface area contributed by atoms with Crippen LogP contribution >= 0.6 is 0 Å². The minimum Gasteiger partial charge on any atom is -0.491 e. The van der Waals surface area contributed by atoms with Crippen LogP contribution in [0.2, 0.25) is 0 Å². The van der Waals surface area contributed by atoms with Crippen LogP contribution in [0.3, 0.4) is 0 Å². The Labute approximate surface area is 154 Å². The molecule has 1 aliphatic carbocycles. The Balaban J connectivity index is 1.54. The van der Waals surface area contributed by atoms with E-state index >= 15 is 0 Å². The van der Waals surface area contributed by atoms with Gasteiger partial charge in [0.15, 0.2) is 0 Å². The van der Waals surface area contributed by atoms with E-state index in [-0.39, 0.29) is 19.1 Å². The van der Waals surface area contributed by atoms with E-state index < -0.39 is 17.7 Å². The van der Waals surface area contributed by atoms with Gasteiger partial charge in [-0.25, -0.2) is 4.79 Å². The molecule has 1 heterocycles. The highest BCUT2D eigenvalue weighted by Gasteiger charge is 2.52. The molecule has 1 saturated heterocycles. The summed E-state index contributed by atoms with van der Waals surface area (Å²) in [4.78, 5) is 26.2. The minimum atomic E-state index is -0.923. The van der Waals surface area contributed by atoms with Crippen molar-refractivity contribution < 1.29 is 19.4 Å². The zero-order valence-electron chi connectivity index (χ0n) is 15.5. The molecule has 0 aromatic heterocycles. The number of nitrogens with one attached hydrogen (secondary N) is 1. The smallest absolute Gasteiger partial charge is 0.325 e. The molecule has 2 fully saturated rings. The number of aryl methyl sites for hydroxylation is 1. The fraction of sp³-hybridized carbons (Fsp3) is 0.600. The Kier molecular flexibility index (Phi) is 5.51. The molecule has 26 heavy (non-hydrogen) atoms. The summed E-state index contributed by atoms with van der Waals surface area (Å²) in [6.07, 6.45) is 3.24. The largest absolute Gasteiger partial charge is 0.491 e. The van der Waals surface area contributed by atoms with Gasteiger partial charge in [0.25, 0.3) is 5.91 Å². The van der Waals surface area contributed by atoms with Crippen LogP contribution in [0.5, 0.6) is 5.75 Å². The number of urea groups is 1. The van der Waals surface area contributed by atoms with Crippen molar-refractivity contribution in [1.29, 1.82) is 0 Å². The van der Waals surface area contributed by atoms with Crippen LogP contribution in [0.25, 0.3) is 0 Å². The molecule has 0 bridgehead atoms. The average molecular weight is 360 g/mol. The van der Waals surface area contributed by atoms with Crippen molar-refractivity contribution in [2.75, 3.05) is 13.2 Å². The highest BCUT2D eigenvalue weighted by atomic mass is 16.5. The molecule has 6 nitrogen and oxygen atoms in total. The normalized spacial score (nSPS) is 26.9. The van der Waals surface area contributed by atoms with E-state index in [1.165, 1.54) is 5.56 Å². The maximum atomic E-state index is 12.8. The first-order valence-electron chi connectivity index (χ1n) is 9.47. The van der Waals surface area contributed by atoms with Gasteiger partial charge in [-0.3, -0.25) is 9.69 Å². The first-order valence-corrected chi connectivity index (χ1v) is 9.47. The lowest BCUT2D eigenvalue weighted by atomic mass is 9.77. The summed E-state index contributed by atoms with van der Waals surface area (Å²) in [7, 11) is 0. The Morgan fingerprint density at radius 3 is 2.54 bits per heavy atom. The third-order valence-corrected chi connectivity index (χ3v) is 5.54. The van der Waals surface area contributed by atoms with E-state index in [2.05, 4.69) is 19.2 Å². The number of carbonyl (C=O) groups excluding carboxylic acids is 2. The number of amides is 3. The van der Waals surface area contributed by atoms with Crippen molar-refractivity contribution in [2.24, 2.45) is 5.92 Å². The van der Waals surface area contributed by atoms with Crippen molar-refractivity contribution >= 4 is 11.9 Å². The predicted octanol–water partition coefficient (Wildman–Crippen LogP) is 2.49. The van der Waals surface area contributed by atoms with Crippen LogP contribution < -0.4 is 10.1 Å². The maximum absolute atomic E-state index is 12.8. The molecule has 1 spiro atoms. The molecular formula is C20H28N2O4. The van der Waals surface area contributed by atoms with Crippen LogP contribution in [0, 0.1) is 5.92 Å². The number of imide groups is 1. The topological polar surface area (TPSA) is 78.9 Å². The quantitative estimate of drug-likeness (QED) is 0.764. The summed E-state index contributed by atoms with van der Waals surface area (Å²) in [5, 5.41) is 13.1. The summed E-state index contributed by atoms with van der Waals surface area (Å²) in [6, 6.07) is 7.27. The molecule has 1 aromatic rings. The lowest BCUT2D eigenvalue weighted by molar-refractivity contribution is -0.133. The van der Waals surface area contributed by atoms with Gasteiger partial charge < -0.3 is 15.2 Å². The number of carbonyl (C=O) groups is 2. The maximum Gasteiger partial charge on any atom is 0.325 e. The van der Waals surface area contributed by atoms with Crippen molar-refractivity contribution in [1.82, 2.24) is 10.2 Å². The molecule has 2 N–H and O–H groups in total. The monoisotopic (exact) mass is 360 g/mol. The summed E-state index contributed by atoms with van der Waals surface area (Å²) in [5.41, 5.74) is 0.449. The molecule has 1 saturated carbocycles. The van der Waals surface area contributed by atoms with E-state index in [1.807, 2.05) is 24.3 Å². The van der Waals surface area contributed by atoms with E-state index in [9.17, 15) is 14.7 Å². The number of aliphatic hydroxyl groups excluding tert-OH is 1. The standard InChI is InChI=1S/C20H28N2O4/c1-3-15-4-6-17(7-5-15)26-13-16(23)12-22-18(24)20(21-19(22)25)10-8-14(2)9-11-20/h4-7,14,16,23H,3,8-13H2,1-2H3,(H,21,25)/t14?,16-,20?/m0/s1. The number of nitrogens with zero attached hydrogens (tertiary/aromatic N) is 1. The average Bonchev–Trinajstić information content (AvgIpc) is 2.87. The Hall–Kier alpha value is -2.08. The highest BCUT2D eigenvalue weighted by molar-refractivity contribution is 6.07. The third kappa shape index (κ3) is 3.85. The van der Waals surface area contributed by atoms with E-state index in [0.717, 1.165) is 24.2 Å². The molecule has 1 aliphatic heterocycles. The van der Waals surface area contributed by atoms with E-state index in [0.29, 0.717) is 24.5 Å². The number of benzene rings is 1. The number of rotatable bonds is 6. The summed E-state index contributed by atoms with van der Waals surface area (Å²) < 4.78 is 5.58. The number of hydrogen-bond donors (Lipinski definition) is 2. The molecule has 3 rings (SSSR count). The molecule has 6 heteroatoms. The zero-order chi connectivity index (χ0) is 18.7. The Morgan fingerprint density at radius 1 is 1.27 bits per heavy atom. The summed E-state index contributed by atoms with van der Waals surface area (Å²) >= 11 is 0. The molecule has 1 aromatic carbocycles. The minimum absolute atomic E-state index is 0.0343. The lowest BCUT2D eigenvalue weighted by Gasteiger charge is -2.33. The number of aliphatic hydroxyl groups is 1. The van der Waals surface area contributed by atoms with Crippen molar-refractivity contribution in [3.63, 3.8) is 0 Å². The second-order valence-electron chi connectivity index (χ2n) is 7.57. The van der Waals surface area contributed by atoms with Crippen LogP contribution in [0.1, 0.15) is 45.1 Å². The van der Waals surface area contributed by atoms with Crippen LogP contribution in [-0.2, 0) is 11.2 Å². The van der Waals surface area contributed by atoms with Gasteiger partial charge in [0.2, 0.25) is 0 Å². The Morgan fingerprint density at radius 2 is 1.92 bits per heavy atom. The van der Waals surface area contributed by atoms with Gasteiger partial charge >= 0.3 is 6.03 Å². The molecule has 1 atom stereocenters. The van der Waals surface area contributed by atoms with Gasteiger partial charge in [-0.15, -0.1) is 0 Å². The number of ether oxygens (including phenoxy) is 1. The molecular weight excluding hydrogens is 332 g/mol. The summed E-state index contributed by atoms with van der Waals surface area (Å²) in [6.45, 7) is 4.24. The van der Waals surface area contributed by atoms with Gasteiger partial charge in [-0.05, 0) is 55.7 Å². The van der Waals surface area contributed by atoms with Gasteiger partial charge in [0, 0.05) is 0 Å². The highest BCUT2D eigenvalue weighted by Crippen LogP contribution is 2.36. The van der Waals surface area contributed by atoms with Gasteiger partial charge in [0.1, 0.15) is 24.0 Å². The van der Waals surface area contributed by atoms with Crippen LogP contribution in [0.15, 0.2) is 24.3 Å². The molecule has 0 unspecified atom stereocenters. The van der Waals surface area contributed by atoms with Crippen LogP contribution in [-0.4, -0.2) is 46.7 Å². The fourth-order valence-corrected chi connectivity index (χ4v) is 3.71.